The highest BCUT2D eigenvalue weighted by atomic mass is 127. The van der Waals surface area contributed by atoms with Crippen molar-refractivity contribution < 1.29 is 4.79 Å². The Morgan fingerprint density at radius 2 is 2.12 bits per heavy atom. The Morgan fingerprint density at radius 3 is 2.76 bits per heavy atom. The monoisotopic (exact) mass is 354 g/mol. The van der Waals surface area contributed by atoms with E-state index in [1.54, 1.807) is 17.4 Å². The SMILES string of the molecule is Cc1csc(/C=C/C(=O)c2ccccc2I)c1. The molecule has 0 radical (unpaired) electrons. The molecule has 2 rings (SSSR count). The molecule has 1 heterocycles. The van der Waals surface area contributed by atoms with E-state index < -0.39 is 0 Å². The van der Waals surface area contributed by atoms with Crippen molar-refractivity contribution >= 4 is 45.8 Å². The maximum Gasteiger partial charge on any atom is 0.186 e. The summed E-state index contributed by atoms with van der Waals surface area (Å²) in [4.78, 5) is 13.1. The van der Waals surface area contributed by atoms with Crippen LogP contribution < -0.4 is 0 Å². The minimum Gasteiger partial charge on any atom is -0.289 e. The van der Waals surface area contributed by atoms with Gasteiger partial charge in [0.1, 0.15) is 0 Å². The van der Waals surface area contributed by atoms with Gasteiger partial charge in [-0.3, -0.25) is 4.79 Å². The molecule has 1 nitrogen and oxygen atoms in total. The van der Waals surface area contributed by atoms with E-state index in [-0.39, 0.29) is 5.78 Å². The molecule has 0 aliphatic rings. The molecule has 0 atom stereocenters. The van der Waals surface area contributed by atoms with E-state index in [1.165, 1.54) is 5.56 Å². The molecule has 0 saturated heterocycles. The molecule has 17 heavy (non-hydrogen) atoms. The second-order valence-electron chi connectivity index (χ2n) is 3.70. The number of carbonyl (C=O) groups excluding carboxylic acids is 1. The van der Waals surface area contributed by atoms with Gasteiger partial charge < -0.3 is 0 Å². The summed E-state index contributed by atoms with van der Waals surface area (Å²) < 4.78 is 0.988. The molecule has 86 valence electrons. The van der Waals surface area contributed by atoms with E-state index in [4.69, 9.17) is 0 Å². The molecule has 0 aliphatic heterocycles. The lowest BCUT2D eigenvalue weighted by Crippen LogP contribution is -1.96. The van der Waals surface area contributed by atoms with Gasteiger partial charge >= 0.3 is 0 Å². The first-order valence-corrected chi connectivity index (χ1v) is 7.15. The molecule has 0 bridgehead atoms. The smallest absolute Gasteiger partial charge is 0.186 e. The number of thiophene rings is 1. The van der Waals surface area contributed by atoms with Crippen LogP contribution in [0, 0.1) is 10.5 Å². The van der Waals surface area contributed by atoms with Crippen LogP contribution in [0.2, 0.25) is 0 Å². The number of ketones is 1. The second kappa shape index (κ2) is 5.60. The number of carbonyl (C=O) groups is 1. The Morgan fingerprint density at radius 1 is 1.35 bits per heavy atom. The van der Waals surface area contributed by atoms with Crippen molar-refractivity contribution in [2.45, 2.75) is 6.92 Å². The summed E-state index contributed by atoms with van der Waals surface area (Å²) in [5, 5.41) is 2.08. The van der Waals surface area contributed by atoms with E-state index in [1.807, 2.05) is 30.3 Å². The number of benzene rings is 1. The van der Waals surface area contributed by atoms with Crippen LogP contribution in [-0.2, 0) is 0 Å². The minimum absolute atomic E-state index is 0.0565. The fourth-order valence-corrected chi connectivity index (χ4v) is 2.89. The van der Waals surface area contributed by atoms with Crippen molar-refractivity contribution in [3.05, 3.63) is 61.4 Å². The van der Waals surface area contributed by atoms with Crippen molar-refractivity contribution in [2.24, 2.45) is 0 Å². The van der Waals surface area contributed by atoms with Gasteiger partial charge in [0.2, 0.25) is 0 Å². The normalized spacial score (nSPS) is 10.9. The first-order chi connectivity index (χ1) is 8.16. The summed E-state index contributed by atoms with van der Waals surface area (Å²) in [5.74, 6) is 0.0565. The summed E-state index contributed by atoms with van der Waals surface area (Å²) in [6.07, 6.45) is 3.52. The van der Waals surface area contributed by atoms with Crippen molar-refractivity contribution in [1.82, 2.24) is 0 Å². The molecule has 2 aromatic rings. The number of aryl methyl sites for hydroxylation is 1. The van der Waals surface area contributed by atoms with Gasteiger partial charge in [0.15, 0.2) is 5.78 Å². The number of allylic oxidation sites excluding steroid dienone is 1. The van der Waals surface area contributed by atoms with E-state index >= 15 is 0 Å². The molecule has 0 aliphatic carbocycles. The summed E-state index contributed by atoms with van der Waals surface area (Å²) >= 11 is 3.83. The van der Waals surface area contributed by atoms with Crippen LogP contribution in [0.1, 0.15) is 20.8 Å². The molecule has 0 saturated carbocycles. The van der Waals surface area contributed by atoms with Crippen LogP contribution in [0.3, 0.4) is 0 Å². The zero-order valence-electron chi connectivity index (χ0n) is 9.31. The number of hydrogen-bond donors (Lipinski definition) is 0. The van der Waals surface area contributed by atoms with Gasteiger partial charge in [0.25, 0.3) is 0 Å². The molecular weight excluding hydrogens is 343 g/mol. The molecule has 0 N–H and O–H groups in total. The first-order valence-electron chi connectivity index (χ1n) is 5.19. The van der Waals surface area contributed by atoms with Gasteiger partial charge in [-0.2, -0.15) is 0 Å². The first kappa shape index (κ1) is 12.5. The molecule has 0 amide bonds. The molecule has 0 spiro atoms. The van der Waals surface area contributed by atoms with Crippen LogP contribution in [0.5, 0.6) is 0 Å². The number of hydrogen-bond acceptors (Lipinski definition) is 2. The van der Waals surface area contributed by atoms with Gasteiger partial charge in [-0.1, -0.05) is 12.1 Å². The predicted molar refractivity (Wildman–Crippen MR) is 81.6 cm³/mol. The van der Waals surface area contributed by atoms with E-state index in [2.05, 4.69) is 41.0 Å². The van der Waals surface area contributed by atoms with Crippen LogP contribution in [0.25, 0.3) is 6.08 Å². The molecule has 1 aromatic heterocycles. The Kier molecular flexibility index (Phi) is 4.12. The van der Waals surface area contributed by atoms with Crippen LogP contribution in [0.4, 0.5) is 0 Å². The highest BCUT2D eigenvalue weighted by Crippen LogP contribution is 2.17. The maximum absolute atomic E-state index is 12.0. The molecular formula is C14H11IOS. The zero-order chi connectivity index (χ0) is 12.3. The van der Waals surface area contributed by atoms with Gasteiger partial charge in [-0.15, -0.1) is 11.3 Å². The van der Waals surface area contributed by atoms with E-state index in [9.17, 15) is 4.79 Å². The van der Waals surface area contributed by atoms with Gasteiger partial charge in [0.05, 0.1) is 0 Å². The summed E-state index contributed by atoms with van der Waals surface area (Å²) in [6.45, 7) is 2.05. The summed E-state index contributed by atoms with van der Waals surface area (Å²) in [6, 6.07) is 9.69. The Hall–Kier alpha value is -0.940. The third-order valence-corrected chi connectivity index (χ3v) is 4.25. The van der Waals surface area contributed by atoms with Crippen molar-refractivity contribution in [2.75, 3.05) is 0 Å². The standard InChI is InChI=1S/C14H11IOS/c1-10-8-11(17-9-10)6-7-14(16)12-4-2-3-5-13(12)15/h2-9H,1H3/b7-6+. The third kappa shape index (κ3) is 3.26. The Labute approximate surface area is 118 Å². The van der Waals surface area contributed by atoms with Crippen molar-refractivity contribution in [1.29, 1.82) is 0 Å². The van der Waals surface area contributed by atoms with Gasteiger partial charge in [-0.25, -0.2) is 0 Å². The van der Waals surface area contributed by atoms with Crippen molar-refractivity contribution in [3.63, 3.8) is 0 Å². The van der Waals surface area contributed by atoms with E-state index in [0.29, 0.717) is 0 Å². The highest BCUT2D eigenvalue weighted by Gasteiger charge is 2.05. The molecule has 0 unspecified atom stereocenters. The average Bonchev–Trinajstić information content (AvgIpc) is 2.73. The zero-order valence-corrected chi connectivity index (χ0v) is 12.3. The molecule has 0 fully saturated rings. The lowest BCUT2D eigenvalue weighted by Gasteiger charge is -1.98. The number of halogens is 1. The van der Waals surface area contributed by atoms with Gasteiger partial charge in [-0.05, 0) is 70.8 Å². The Bertz CT molecular complexity index is 569. The fourth-order valence-electron chi connectivity index (χ4n) is 1.45. The van der Waals surface area contributed by atoms with E-state index in [0.717, 1.165) is 14.0 Å². The number of rotatable bonds is 3. The largest absolute Gasteiger partial charge is 0.289 e. The Balaban J connectivity index is 2.17. The molecule has 1 aromatic carbocycles. The highest BCUT2D eigenvalue weighted by molar-refractivity contribution is 14.1. The topological polar surface area (TPSA) is 17.1 Å². The van der Waals surface area contributed by atoms with Crippen LogP contribution >= 0.6 is 33.9 Å². The average molecular weight is 354 g/mol. The summed E-state index contributed by atoms with van der Waals surface area (Å²) in [7, 11) is 0. The third-order valence-electron chi connectivity index (χ3n) is 2.29. The predicted octanol–water partition coefficient (Wildman–Crippen LogP) is 4.56. The van der Waals surface area contributed by atoms with Crippen molar-refractivity contribution in [3.8, 4) is 0 Å². The lowest BCUT2D eigenvalue weighted by molar-refractivity contribution is 0.104. The second-order valence-corrected chi connectivity index (χ2v) is 5.81. The van der Waals surface area contributed by atoms with Crippen LogP contribution in [-0.4, -0.2) is 5.78 Å². The van der Waals surface area contributed by atoms with Gasteiger partial charge in [0, 0.05) is 14.0 Å². The minimum atomic E-state index is 0.0565. The van der Waals surface area contributed by atoms with Crippen LogP contribution in [0.15, 0.2) is 41.8 Å². The lowest BCUT2D eigenvalue weighted by atomic mass is 10.1. The maximum atomic E-state index is 12.0. The quantitative estimate of drug-likeness (QED) is 0.449. The summed E-state index contributed by atoms with van der Waals surface area (Å²) in [5.41, 5.74) is 1.99. The fraction of sp³-hybridized carbons (Fsp3) is 0.0714. The molecule has 3 heteroatoms.